The highest BCUT2D eigenvalue weighted by atomic mass is 16.4. The molecule has 3 rings (SSSR count). The molecule has 20 heavy (non-hydrogen) atoms. The van der Waals surface area contributed by atoms with Crippen LogP contribution in [0.25, 0.3) is 0 Å². The van der Waals surface area contributed by atoms with Crippen LogP contribution in [-0.4, -0.2) is 52.7 Å². The second kappa shape index (κ2) is 5.09. The van der Waals surface area contributed by atoms with Gasteiger partial charge in [-0.05, 0) is 37.8 Å². The van der Waals surface area contributed by atoms with Crippen LogP contribution in [0.2, 0.25) is 0 Å². The molecule has 2 aliphatic heterocycles. The van der Waals surface area contributed by atoms with Crippen molar-refractivity contribution >= 4 is 6.09 Å². The van der Waals surface area contributed by atoms with Gasteiger partial charge in [0.25, 0.3) is 0 Å². The molecule has 108 valence electrons. The van der Waals surface area contributed by atoms with Gasteiger partial charge >= 0.3 is 6.09 Å². The third-order valence-electron chi connectivity index (χ3n) is 4.77. The summed E-state index contributed by atoms with van der Waals surface area (Å²) in [5.74, 6) is 0. The lowest BCUT2D eigenvalue weighted by Crippen LogP contribution is -2.48. The first-order chi connectivity index (χ1) is 9.54. The Kier molecular flexibility index (Phi) is 3.42. The summed E-state index contributed by atoms with van der Waals surface area (Å²) in [6, 6.07) is 7.28. The van der Waals surface area contributed by atoms with E-state index in [1.807, 2.05) is 0 Å². The molecule has 0 spiro atoms. The van der Waals surface area contributed by atoms with E-state index in [0.29, 0.717) is 12.6 Å². The molecule has 2 bridgehead atoms. The predicted octanol–water partition coefficient (Wildman–Crippen LogP) is 2.28. The number of likely N-dealkylation sites (tertiary alicyclic amines) is 2. The van der Waals surface area contributed by atoms with Crippen molar-refractivity contribution in [1.82, 2.24) is 9.80 Å². The van der Waals surface area contributed by atoms with Gasteiger partial charge in [-0.3, -0.25) is 4.90 Å². The summed E-state index contributed by atoms with van der Waals surface area (Å²) in [5, 5.41) is 9.10. The Balaban J connectivity index is 1.58. The van der Waals surface area contributed by atoms with Crippen LogP contribution in [0, 0.1) is 13.8 Å². The maximum atomic E-state index is 11.1. The average molecular weight is 274 g/mol. The molecule has 2 saturated heterocycles. The van der Waals surface area contributed by atoms with E-state index in [-0.39, 0.29) is 6.04 Å². The third-order valence-corrected chi connectivity index (χ3v) is 4.77. The number of hydrogen-bond acceptors (Lipinski definition) is 2. The van der Waals surface area contributed by atoms with Gasteiger partial charge in [-0.2, -0.15) is 0 Å². The summed E-state index contributed by atoms with van der Waals surface area (Å²) >= 11 is 0. The number of carboxylic acid groups (broad SMARTS) is 1. The zero-order valence-electron chi connectivity index (χ0n) is 12.2. The first-order valence-corrected chi connectivity index (χ1v) is 7.34. The van der Waals surface area contributed by atoms with Crippen LogP contribution < -0.4 is 0 Å². The quantitative estimate of drug-likeness (QED) is 0.919. The first kappa shape index (κ1) is 13.4. The maximum absolute atomic E-state index is 11.1. The lowest BCUT2D eigenvalue weighted by Gasteiger charge is -2.32. The average Bonchev–Trinajstić information content (AvgIpc) is 2.97. The maximum Gasteiger partial charge on any atom is 0.407 e. The fraction of sp³-hybridized carbons (Fsp3) is 0.562. The largest absolute Gasteiger partial charge is 0.465 e. The van der Waals surface area contributed by atoms with Gasteiger partial charge in [0.05, 0.1) is 0 Å². The SMILES string of the molecule is Cc1ccc(CCN2CC3CC2CN3C(=O)O)c(C)c1. The van der Waals surface area contributed by atoms with Crippen molar-refractivity contribution in [2.45, 2.75) is 38.8 Å². The number of fused-ring (bicyclic) bond motifs is 2. The minimum absolute atomic E-state index is 0.219. The van der Waals surface area contributed by atoms with Crippen LogP contribution in [0.1, 0.15) is 23.1 Å². The van der Waals surface area contributed by atoms with Crippen LogP contribution in [0.3, 0.4) is 0 Å². The molecular formula is C16H22N2O2. The Bertz CT molecular complexity index is 529. The fourth-order valence-corrected chi connectivity index (χ4v) is 3.65. The molecule has 2 atom stereocenters. The summed E-state index contributed by atoms with van der Waals surface area (Å²) in [6.45, 7) is 6.93. The van der Waals surface area contributed by atoms with Gasteiger partial charge in [-0.15, -0.1) is 0 Å². The number of piperazine rings is 1. The topological polar surface area (TPSA) is 43.8 Å². The number of rotatable bonds is 3. The number of aryl methyl sites for hydroxylation is 2. The van der Waals surface area contributed by atoms with Crippen LogP contribution in [0.5, 0.6) is 0 Å². The van der Waals surface area contributed by atoms with E-state index in [4.69, 9.17) is 5.11 Å². The van der Waals surface area contributed by atoms with Gasteiger partial charge < -0.3 is 10.0 Å². The lowest BCUT2D eigenvalue weighted by atomic mass is 10.0. The highest BCUT2D eigenvalue weighted by Gasteiger charge is 2.44. The van der Waals surface area contributed by atoms with Crippen molar-refractivity contribution in [2.75, 3.05) is 19.6 Å². The van der Waals surface area contributed by atoms with Crippen LogP contribution in [0.15, 0.2) is 18.2 Å². The molecule has 1 aromatic carbocycles. The molecule has 1 aromatic rings. The molecule has 1 amide bonds. The molecule has 2 fully saturated rings. The van der Waals surface area contributed by atoms with Crippen molar-refractivity contribution < 1.29 is 9.90 Å². The molecule has 2 unspecified atom stereocenters. The minimum Gasteiger partial charge on any atom is -0.465 e. The summed E-state index contributed by atoms with van der Waals surface area (Å²) < 4.78 is 0. The van der Waals surface area contributed by atoms with Crippen molar-refractivity contribution in [3.63, 3.8) is 0 Å². The molecule has 2 heterocycles. The highest BCUT2D eigenvalue weighted by Crippen LogP contribution is 2.30. The molecule has 2 aliphatic rings. The predicted molar refractivity (Wildman–Crippen MR) is 78.1 cm³/mol. The fourth-order valence-electron chi connectivity index (χ4n) is 3.65. The second-order valence-corrected chi connectivity index (χ2v) is 6.15. The van der Waals surface area contributed by atoms with E-state index in [0.717, 1.165) is 25.9 Å². The standard InChI is InChI=1S/C16H22N2O2/c1-11-3-4-13(12(2)7-11)5-6-17-9-15-8-14(17)10-18(15)16(19)20/h3-4,7,14-15H,5-6,8-10H2,1-2H3,(H,19,20). The second-order valence-electron chi connectivity index (χ2n) is 6.15. The summed E-state index contributed by atoms with van der Waals surface area (Å²) in [6.07, 6.45) is 1.31. The van der Waals surface area contributed by atoms with Gasteiger partial charge in [-0.1, -0.05) is 23.8 Å². The van der Waals surface area contributed by atoms with E-state index in [1.54, 1.807) is 4.90 Å². The number of nitrogens with zero attached hydrogens (tertiary/aromatic N) is 2. The molecule has 0 aliphatic carbocycles. The molecule has 4 heteroatoms. The van der Waals surface area contributed by atoms with Gasteiger partial charge in [0.15, 0.2) is 0 Å². The van der Waals surface area contributed by atoms with Crippen LogP contribution in [-0.2, 0) is 6.42 Å². The van der Waals surface area contributed by atoms with Gasteiger partial charge in [0.1, 0.15) is 0 Å². The zero-order chi connectivity index (χ0) is 14.3. The van der Waals surface area contributed by atoms with Gasteiger partial charge in [-0.25, -0.2) is 4.79 Å². The van der Waals surface area contributed by atoms with Crippen LogP contribution in [0.4, 0.5) is 4.79 Å². The van der Waals surface area contributed by atoms with Crippen molar-refractivity contribution in [2.24, 2.45) is 0 Å². The number of benzene rings is 1. The van der Waals surface area contributed by atoms with Crippen LogP contribution >= 0.6 is 0 Å². The molecule has 1 N–H and O–H groups in total. The molecule has 4 nitrogen and oxygen atoms in total. The molecule has 0 aromatic heterocycles. The third kappa shape index (κ3) is 2.40. The summed E-state index contributed by atoms with van der Waals surface area (Å²) in [5.41, 5.74) is 4.08. The molecular weight excluding hydrogens is 252 g/mol. The number of carbonyl (C=O) groups is 1. The Labute approximate surface area is 120 Å². The normalized spacial score (nSPS) is 25.4. The van der Waals surface area contributed by atoms with E-state index in [1.165, 1.54) is 16.7 Å². The van der Waals surface area contributed by atoms with Gasteiger partial charge in [0.2, 0.25) is 0 Å². The van der Waals surface area contributed by atoms with Crippen molar-refractivity contribution in [3.05, 3.63) is 34.9 Å². The zero-order valence-corrected chi connectivity index (χ0v) is 12.2. The molecule has 0 saturated carbocycles. The number of amides is 1. The Hall–Kier alpha value is -1.55. The van der Waals surface area contributed by atoms with Crippen molar-refractivity contribution in [3.8, 4) is 0 Å². The van der Waals surface area contributed by atoms with E-state index >= 15 is 0 Å². The Morgan fingerprint density at radius 2 is 2.10 bits per heavy atom. The lowest BCUT2D eigenvalue weighted by molar-refractivity contribution is 0.103. The summed E-state index contributed by atoms with van der Waals surface area (Å²) in [7, 11) is 0. The highest BCUT2D eigenvalue weighted by molar-refractivity contribution is 5.66. The van der Waals surface area contributed by atoms with E-state index in [2.05, 4.69) is 36.9 Å². The van der Waals surface area contributed by atoms with Gasteiger partial charge in [0, 0.05) is 31.7 Å². The minimum atomic E-state index is -0.758. The van der Waals surface area contributed by atoms with Crippen molar-refractivity contribution in [1.29, 1.82) is 0 Å². The van der Waals surface area contributed by atoms with E-state index < -0.39 is 6.09 Å². The van der Waals surface area contributed by atoms with E-state index in [9.17, 15) is 4.79 Å². The Morgan fingerprint density at radius 3 is 2.70 bits per heavy atom. The monoisotopic (exact) mass is 274 g/mol. The first-order valence-electron chi connectivity index (χ1n) is 7.34. The summed E-state index contributed by atoms with van der Waals surface area (Å²) in [4.78, 5) is 15.1. The smallest absolute Gasteiger partial charge is 0.407 e. The number of hydrogen-bond donors (Lipinski definition) is 1. The molecule has 0 radical (unpaired) electrons. The Morgan fingerprint density at radius 1 is 1.30 bits per heavy atom.